The van der Waals surface area contributed by atoms with E-state index in [9.17, 15) is 33.9 Å². The van der Waals surface area contributed by atoms with Crippen LogP contribution in [0.5, 0.6) is 0 Å². The van der Waals surface area contributed by atoms with Crippen molar-refractivity contribution in [2.75, 3.05) is 6.61 Å². The van der Waals surface area contributed by atoms with Crippen molar-refractivity contribution in [3.05, 3.63) is 0 Å². The molecule has 0 radical (unpaired) electrons. The number of aliphatic hydroxyl groups excluding tert-OH is 1. The number of carbonyl (C=O) groups is 6. The standard InChI is InChI=1S/C19H34N6O8/c1-9(2)7-13(25-16(29)10(20)8-26)18(31)23-11(3-5-14(21)27)17(30)24-12(19(32)33)4-6-15(22)28/h9-13,26H,3-8,20H2,1-2H3,(H2,21,27)(H2,22,28)(H,23,31)(H,24,30)(H,25,29)(H,32,33). The fraction of sp³-hybridized carbons (Fsp3) is 0.684. The highest BCUT2D eigenvalue weighted by molar-refractivity contribution is 5.94. The number of carbonyl (C=O) groups excluding carboxylic acids is 5. The van der Waals surface area contributed by atoms with Gasteiger partial charge in [0.2, 0.25) is 29.5 Å². The molecule has 4 atom stereocenters. The molecule has 0 aliphatic carbocycles. The van der Waals surface area contributed by atoms with Gasteiger partial charge in [0.25, 0.3) is 0 Å². The molecule has 0 fully saturated rings. The van der Waals surface area contributed by atoms with Gasteiger partial charge in [-0.1, -0.05) is 13.8 Å². The zero-order chi connectivity index (χ0) is 25.7. The number of nitrogens with two attached hydrogens (primary N) is 3. The maximum atomic E-state index is 12.8. The van der Waals surface area contributed by atoms with Crippen molar-refractivity contribution in [3.8, 4) is 0 Å². The molecule has 0 spiro atoms. The Hall–Kier alpha value is -3.26. The van der Waals surface area contributed by atoms with Crippen molar-refractivity contribution in [1.29, 1.82) is 0 Å². The molecule has 4 unspecified atom stereocenters. The predicted molar refractivity (Wildman–Crippen MR) is 115 cm³/mol. The monoisotopic (exact) mass is 474 g/mol. The molecule has 0 aromatic rings. The third-order valence-corrected chi connectivity index (χ3v) is 4.48. The van der Waals surface area contributed by atoms with Gasteiger partial charge in [-0.05, 0) is 25.2 Å². The Morgan fingerprint density at radius 1 is 0.758 bits per heavy atom. The molecule has 0 rings (SSSR count). The Balaban J connectivity index is 5.54. The summed E-state index contributed by atoms with van der Waals surface area (Å²) in [5.74, 6) is -5.50. The molecule has 14 nitrogen and oxygen atoms in total. The number of hydrogen-bond donors (Lipinski definition) is 8. The Kier molecular flexibility index (Phi) is 13.3. The molecule has 188 valence electrons. The molecule has 33 heavy (non-hydrogen) atoms. The molecular formula is C19H34N6O8. The van der Waals surface area contributed by atoms with Crippen LogP contribution in [0.4, 0.5) is 0 Å². The summed E-state index contributed by atoms with van der Waals surface area (Å²) in [5, 5.41) is 25.3. The number of carboxylic acids is 1. The van der Waals surface area contributed by atoms with Crippen LogP contribution in [0, 0.1) is 5.92 Å². The van der Waals surface area contributed by atoms with Gasteiger partial charge in [-0.3, -0.25) is 24.0 Å². The fourth-order valence-corrected chi connectivity index (χ4v) is 2.71. The SMILES string of the molecule is CC(C)CC(NC(=O)C(N)CO)C(=O)NC(CCC(N)=O)C(=O)NC(CCC(N)=O)C(=O)O. The van der Waals surface area contributed by atoms with Crippen LogP contribution in [0.1, 0.15) is 46.0 Å². The first-order valence-electron chi connectivity index (χ1n) is 10.3. The lowest BCUT2D eigenvalue weighted by molar-refractivity contribution is -0.142. The van der Waals surface area contributed by atoms with Crippen LogP contribution in [0.2, 0.25) is 0 Å². The lowest BCUT2D eigenvalue weighted by Gasteiger charge is -2.25. The summed E-state index contributed by atoms with van der Waals surface area (Å²) in [6.45, 7) is 2.92. The van der Waals surface area contributed by atoms with E-state index in [-0.39, 0.29) is 38.0 Å². The number of carboxylic acid groups (broad SMARTS) is 1. The summed E-state index contributed by atoms with van der Waals surface area (Å²) >= 11 is 0. The highest BCUT2D eigenvalue weighted by Crippen LogP contribution is 2.08. The summed E-state index contributed by atoms with van der Waals surface area (Å²) in [4.78, 5) is 71.0. The molecule has 14 heteroatoms. The molecule has 11 N–H and O–H groups in total. The van der Waals surface area contributed by atoms with Gasteiger partial charge in [-0.25, -0.2) is 4.79 Å². The lowest BCUT2D eigenvalue weighted by atomic mass is 10.0. The summed E-state index contributed by atoms with van der Waals surface area (Å²) < 4.78 is 0. The van der Waals surface area contributed by atoms with Gasteiger partial charge in [-0.15, -0.1) is 0 Å². The second kappa shape index (κ2) is 14.7. The number of aliphatic hydroxyl groups is 1. The van der Waals surface area contributed by atoms with E-state index in [1.54, 1.807) is 13.8 Å². The zero-order valence-corrected chi connectivity index (χ0v) is 18.7. The Morgan fingerprint density at radius 2 is 1.18 bits per heavy atom. The minimum atomic E-state index is -1.47. The summed E-state index contributed by atoms with van der Waals surface area (Å²) in [6, 6.07) is -5.21. The first kappa shape index (κ1) is 29.7. The summed E-state index contributed by atoms with van der Waals surface area (Å²) in [7, 11) is 0. The van der Waals surface area contributed by atoms with Crippen molar-refractivity contribution in [2.24, 2.45) is 23.1 Å². The minimum Gasteiger partial charge on any atom is -0.480 e. The van der Waals surface area contributed by atoms with Gasteiger partial charge >= 0.3 is 5.97 Å². The third-order valence-electron chi connectivity index (χ3n) is 4.48. The van der Waals surface area contributed by atoms with Crippen LogP contribution >= 0.6 is 0 Å². The average molecular weight is 475 g/mol. The molecule has 0 aromatic heterocycles. The van der Waals surface area contributed by atoms with E-state index in [0.29, 0.717) is 0 Å². The van der Waals surface area contributed by atoms with Crippen LogP contribution in [0.15, 0.2) is 0 Å². The van der Waals surface area contributed by atoms with Crippen LogP contribution in [-0.2, 0) is 28.8 Å². The summed E-state index contributed by atoms with van der Waals surface area (Å²) in [5.41, 5.74) is 15.6. The van der Waals surface area contributed by atoms with Gasteiger partial charge < -0.3 is 43.4 Å². The molecule has 5 amide bonds. The van der Waals surface area contributed by atoms with E-state index >= 15 is 0 Å². The number of aliphatic carboxylic acids is 1. The maximum Gasteiger partial charge on any atom is 0.326 e. The second-order valence-corrected chi connectivity index (χ2v) is 7.95. The minimum absolute atomic E-state index is 0.0607. The third kappa shape index (κ3) is 12.4. The number of hydrogen-bond acceptors (Lipinski definition) is 8. The first-order chi connectivity index (χ1) is 15.3. The van der Waals surface area contributed by atoms with E-state index in [0.717, 1.165) is 0 Å². The van der Waals surface area contributed by atoms with Gasteiger partial charge in [0, 0.05) is 12.8 Å². The second-order valence-electron chi connectivity index (χ2n) is 7.95. The zero-order valence-electron chi connectivity index (χ0n) is 18.7. The van der Waals surface area contributed by atoms with Gasteiger partial charge in [0.15, 0.2) is 0 Å². The highest BCUT2D eigenvalue weighted by atomic mass is 16.4. The molecule has 0 aromatic carbocycles. The van der Waals surface area contributed by atoms with Crippen molar-refractivity contribution < 1.29 is 39.0 Å². The first-order valence-corrected chi connectivity index (χ1v) is 10.3. The van der Waals surface area contributed by atoms with Crippen molar-refractivity contribution in [2.45, 2.75) is 70.1 Å². The highest BCUT2D eigenvalue weighted by Gasteiger charge is 2.30. The van der Waals surface area contributed by atoms with E-state index in [2.05, 4.69) is 16.0 Å². The predicted octanol–water partition coefficient (Wildman–Crippen LogP) is -3.58. The lowest BCUT2D eigenvalue weighted by Crippen LogP contribution is -2.57. The van der Waals surface area contributed by atoms with Crippen LogP contribution < -0.4 is 33.2 Å². The quantitative estimate of drug-likeness (QED) is 0.110. The van der Waals surface area contributed by atoms with Crippen molar-refractivity contribution in [1.82, 2.24) is 16.0 Å². The van der Waals surface area contributed by atoms with E-state index in [1.807, 2.05) is 0 Å². The average Bonchev–Trinajstić information content (AvgIpc) is 2.71. The number of rotatable bonds is 16. The van der Waals surface area contributed by atoms with Crippen molar-refractivity contribution >= 4 is 35.5 Å². The van der Waals surface area contributed by atoms with Crippen LogP contribution in [-0.4, -0.2) is 76.5 Å². The smallest absolute Gasteiger partial charge is 0.326 e. The Morgan fingerprint density at radius 3 is 1.61 bits per heavy atom. The molecule has 0 heterocycles. The molecule has 0 bridgehead atoms. The van der Waals surface area contributed by atoms with Gasteiger partial charge in [-0.2, -0.15) is 0 Å². The summed E-state index contributed by atoms with van der Waals surface area (Å²) in [6.07, 6.45) is -0.959. The van der Waals surface area contributed by atoms with E-state index < -0.39 is 66.3 Å². The molecule has 0 saturated carbocycles. The number of nitrogens with one attached hydrogen (secondary N) is 3. The topological polar surface area (TPSA) is 257 Å². The molecule has 0 saturated heterocycles. The Labute approximate surface area is 191 Å². The van der Waals surface area contributed by atoms with Crippen LogP contribution in [0.25, 0.3) is 0 Å². The maximum absolute atomic E-state index is 12.8. The number of primary amides is 2. The van der Waals surface area contributed by atoms with E-state index in [4.69, 9.17) is 22.3 Å². The molecule has 0 aliphatic heterocycles. The van der Waals surface area contributed by atoms with Gasteiger partial charge in [0.1, 0.15) is 24.2 Å². The van der Waals surface area contributed by atoms with Crippen molar-refractivity contribution in [3.63, 3.8) is 0 Å². The largest absolute Gasteiger partial charge is 0.480 e. The Bertz CT molecular complexity index is 729. The normalized spacial score (nSPS) is 14.5. The fourth-order valence-electron chi connectivity index (χ4n) is 2.71. The molecular weight excluding hydrogens is 440 g/mol. The van der Waals surface area contributed by atoms with E-state index in [1.165, 1.54) is 0 Å². The van der Waals surface area contributed by atoms with Crippen LogP contribution in [0.3, 0.4) is 0 Å². The molecule has 0 aliphatic rings. The van der Waals surface area contributed by atoms with Gasteiger partial charge in [0.05, 0.1) is 6.61 Å². The number of amides is 5.